The van der Waals surface area contributed by atoms with Crippen LogP contribution in [0.3, 0.4) is 0 Å². The first kappa shape index (κ1) is 21.7. The average Bonchev–Trinajstić information content (AvgIpc) is 3.10. The lowest BCUT2D eigenvalue weighted by atomic mass is 9.87. The lowest BCUT2D eigenvalue weighted by Crippen LogP contribution is -2.16. The summed E-state index contributed by atoms with van der Waals surface area (Å²) in [6.07, 6.45) is 1.19. The summed E-state index contributed by atoms with van der Waals surface area (Å²) in [5.74, 6) is 0.403. The Morgan fingerprint density at radius 1 is 1.13 bits per heavy atom. The molecule has 9 nitrogen and oxygen atoms in total. The summed E-state index contributed by atoms with van der Waals surface area (Å²) >= 11 is 0. The van der Waals surface area contributed by atoms with Crippen LogP contribution in [0.25, 0.3) is 11.5 Å². The van der Waals surface area contributed by atoms with E-state index in [9.17, 15) is 18.6 Å². The van der Waals surface area contributed by atoms with Crippen LogP contribution in [-0.2, 0) is 28.6 Å². The Morgan fingerprint density at radius 2 is 1.80 bits per heavy atom. The number of aromatic nitrogens is 4. The molecule has 0 saturated heterocycles. The van der Waals surface area contributed by atoms with Crippen molar-refractivity contribution in [2.75, 3.05) is 4.72 Å². The van der Waals surface area contributed by atoms with E-state index >= 15 is 0 Å². The Balaban J connectivity index is 2.03. The first-order valence-electron chi connectivity index (χ1n) is 9.42. The third-order valence-electron chi connectivity index (χ3n) is 4.65. The van der Waals surface area contributed by atoms with Crippen molar-refractivity contribution in [1.29, 1.82) is 0 Å². The number of rotatable bonds is 6. The normalized spacial score (nSPS) is 12.2. The molecule has 0 saturated carbocycles. The van der Waals surface area contributed by atoms with Gasteiger partial charge in [-0.2, -0.15) is 0 Å². The molecule has 0 radical (unpaired) electrons. The van der Waals surface area contributed by atoms with Crippen LogP contribution in [0.4, 0.5) is 5.69 Å². The first-order valence-corrected chi connectivity index (χ1v) is 10.9. The Bertz CT molecular complexity index is 1150. The number of benzene rings is 1. The minimum atomic E-state index is -3.95. The van der Waals surface area contributed by atoms with Gasteiger partial charge in [0.15, 0.2) is 11.6 Å². The third kappa shape index (κ3) is 4.29. The van der Waals surface area contributed by atoms with Gasteiger partial charge in [0.2, 0.25) is 0 Å². The summed E-state index contributed by atoms with van der Waals surface area (Å²) in [5, 5.41) is 27.3. The van der Waals surface area contributed by atoms with Gasteiger partial charge < -0.3 is 14.8 Å². The second kappa shape index (κ2) is 8.04. The number of sulfonamides is 1. The largest absolute Gasteiger partial charge is 0.506 e. The zero-order valence-corrected chi connectivity index (χ0v) is 18.1. The van der Waals surface area contributed by atoms with Crippen molar-refractivity contribution in [3.05, 3.63) is 47.9 Å². The summed E-state index contributed by atoms with van der Waals surface area (Å²) in [6, 6.07) is 7.89. The number of pyridine rings is 1. The maximum absolute atomic E-state index is 13.0. The molecule has 0 spiro atoms. The Kier molecular flexibility index (Phi) is 5.82. The second-order valence-electron chi connectivity index (χ2n) is 7.81. The molecule has 3 N–H and O–H groups in total. The predicted molar refractivity (Wildman–Crippen MR) is 112 cm³/mol. The Hall–Kier alpha value is -2.98. The van der Waals surface area contributed by atoms with Crippen LogP contribution >= 0.6 is 0 Å². The van der Waals surface area contributed by atoms with E-state index < -0.39 is 10.0 Å². The summed E-state index contributed by atoms with van der Waals surface area (Å²) in [5.41, 5.74) is 1.15. The van der Waals surface area contributed by atoms with Crippen LogP contribution in [-0.4, -0.2) is 38.4 Å². The molecule has 30 heavy (non-hydrogen) atoms. The van der Waals surface area contributed by atoms with Gasteiger partial charge in [0.1, 0.15) is 18.1 Å². The Labute approximate surface area is 175 Å². The Morgan fingerprint density at radius 3 is 2.37 bits per heavy atom. The standard InChI is InChI=1S/C20H25N5O4S/c1-5-25-17(12-26)22-23-19(25)18-16(10-14(27)11-21-18)24-30(28,29)15-8-6-13(7-9-15)20(2,3)4/h6-11,24,26-27H,5,12H2,1-4H3. The molecule has 10 heteroatoms. The van der Waals surface area contributed by atoms with E-state index in [2.05, 4.69) is 19.9 Å². The van der Waals surface area contributed by atoms with Gasteiger partial charge in [0.25, 0.3) is 10.0 Å². The van der Waals surface area contributed by atoms with Crippen LogP contribution in [0.15, 0.2) is 41.4 Å². The molecule has 0 aliphatic carbocycles. The van der Waals surface area contributed by atoms with Gasteiger partial charge in [-0.25, -0.2) is 13.4 Å². The van der Waals surface area contributed by atoms with E-state index in [1.165, 1.54) is 24.4 Å². The van der Waals surface area contributed by atoms with Crippen molar-refractivity contribution in [3.8, 4) is 17.3 Å². The highest BCUT2D eigenvalue weighted by Crippen LogP contribution is 2.30. The smallest absolute Gasteiger partial charge is 0.261 e. The molecule has 0 bridgehead atoms. The minimum absolute atomic E-state index is 0.0569. The molecule has 0 fully saturated rings. The number of nitrogens with zero attached hydrogens (tertiary/aromatic N) is 4. The minimum Gasteiger partial charge on any atom is -0.506 e. The van der Waals surface area contributed by atoms with Crippen molar-refractivity contribution >= 4 is 15.7 Å². The molecule has 0 atom stereocenters. The van der Waals surface area contributed by atoms with E-state index in [-0.39, 0.29) is 39.9 Å². The van der Waals surface area contributed by atoms with E-state index in [1.807, 2.05) is 27.7 Å². The van der Waals surface area contributed by atoms with Crippen molar-refractivity contribution in [3.63, 3.8) is 0 Å². The molecule has 160 valence electrons. The van der Waals surface area contributed by atoms with Crippen LogP contribution in [0, 0.1) is 0 Å². The highest BCUT2D eigenvalue weighted by Gasteiger charge is 2.23. The van der Waals surface area contributed by atoms with E-state index in [1.54, 1.807) is 16.7 Å². The van der Waals surface area contributed by atoms with E-state index in [0.29, 0.717) is 12.4 Å². The molecule has 0 amide bonds. The summed E-state index contributed by atoms with van der Waals surface area (Å²) in [4.78, 5) is 4.23. The number of anilines is 1. The third-order valence-corrected chi connectivity index (χ3v) is 6.03. The number of aliphatic hydroxyl groups excluding tert-OH is 1. The topological polar surface area (TPSA) is 130 Å². The number of nitrogens with one attached hydrogen (secondary N) is 1. The molecule has 1 aromatic carbocycles. The maximum Gasteiger partial charge on any atom is 0.261 e. The molecule has 2 aromatic heterocycles. The molecular formula is C20H25N5O4S. The van der Waals surface area contributed by atoms with Crippen LogP contribution < -0.4 is 4.72 Å². The zero-order valence-electron chi connectivity index (χ0n) is 17.3. The molecule has 0 aliphatic rings. The molecule has 0 aliphatic heterocycles. The number of aliphatic hydroxyl groups is 1. The van der Waals surface area contributed by atoms with Crippen LogP contribution in [0.1, 0.15) is 39.1 Å². The summed E-state index contributed by atoms with van der Waals surface area (Å²) in [6.45, 7) is 8.10. The highest BCUT2D eigenvalue weighted by molar-refractivity contribution is 7.92. The van der Waals surface area contributed by atoms with E-state index in [4.69, 9.17) is 0 Å². The van der Waals surface area contributed by atoms with Crippen molar-refractivity contribution < 1.29 is 18.6 Å². The van der Waals surface area contributed by atoms with Gasteiger partial charge in [0, 0.05) is 12.6 Å². The average molecular weight is 432 g/mol. The van der Waals surface area contributed by atoms with Gasteiger partial charge in [-0.3, -0.25) is 4.72 Å². The number of hydrogen-bond acceptors (Lipinski definition) is 7. The van der Waals surface area contributed by atoms with Gasteiger partial charge in [-0.15, -0.1) is 10.2 Å². The summed E-state index contributed by atoms with van der Waals surface area (Å²) in [7, 11) is -3.95. The van der Waals surface area contributed by atoms with Crippen molar-refractivity contribution in [1.82, 2.24) is 19.7 Å². The fourth-order valence-corrected chi connectivity index (χ4v) is 4.06. The van der Waals surface area contributed by atoms with Crippen molar-refractivity contribution in [2.24, 2.45) is 0 Å². The molecule has 3 rings (SSSR count). The van der Waals surface area contributed by atoms with E-state index in [0.717, 1.165) is 5.56 Å². The lowest BCUT2D eigenvalue weighted by Gasteiger charge is -2.19. The lowest BCUT2D eigenvalue weighted by molar-refractivity contribution is 0.265. The fourth-order valence-electron chi connectivity index (χ4n) is 3.01. The monoisotopic (exact) mass is 431 g/mol. The number of aromatic hydroxyl groups is 1. The predicted octanol–water partition coefficient (Wildman–Crippen LogP) is 2.66. The number of hydrogen-bond donors (Lipinski definition) is 3. The molecule has 2 heterocycles. The van der Waals surface area contributed by atoms with Crippen LogP contribution in [0.5, 0.6) is 5.75 Å². The highest BCUT2D eigenvalue weighted by atomic mass is 32.2. The molecular weight excluding hydrogens is 406 g/mol. The first-order chi connectivity index (χ1) is 14.1. The fraction of sp³-hybridized carbons (Fsp3) is 0.350. The molecule has 3 aromatic rings. The van der Waals surface area contributed by atoms with Crippen molar-refractivity contribution in [2.45, 2.75) is 51.2 Å². The maximum atomic E-state index is 13.0. The van der Waals surface area contributed by atoms with Gasteiger partial charge in [-0.05, 0) is 30.0 Å². The van der Waals surface area contributed by atoms with Crippen LogP contribution in [0.2, 0.25) is 0 Å². The van der Waals surface area contributed by atoms with Gasteiger partial charge in [-0.1, -0.05) is 32.9 Å². The summed E-state index contributed by atoms with van der Waals surface area (Å²) < 4.78 is 30.0. The zero-order chi connectivity index (χ0) is 22.1. The van der Waals surface area contributed by atoms with Gasteiger partial charge >= 0.3 is 0 Å². The SMILES string of the molecule is CCn1c(CO)nnc1-c1ncc(O)cc1NS(=O)(=O)c1ccc(C(C)(C)C)cc1. The van der Waals surface area contributed by atoms with Gasteiger partial charge in [0.05, 0.1) is 16.8 Å². The molecule has 0 unspecified atom stereocenters. The second-order valence-corrected chi connectivity index (χ2v) is 9.49. The quantitative estimate of drug-likeness (QED) is 0.547.